The molecule has 3 heterocycles. The average molecular weight is 383 g/mol. The highest BCUT2D eigenvalue weighted by Crippen LogP contribution is 2.48. The number of pyridine rings is 1. The molecule has 0 spiro atoms. The molecule has 2 bridgehead atoms. The van der Waals surface area contributed by atoms with Gasteiger partial charge in [0.1, 0.15) is 0 Å². The van der Waals surface area contributed by atoms with E-state index in [2.05, 4.69) is 22.6 Å². The van der Waals surface area contributed by atoms with Gasteiger partial charge in [0, 0.05) is 17.8 Å². The molecule has 2 aliphatic heterocycles. The molecule has 1 N–H and O–H groups in total. The maximum atomic E-state index is 12.7. The number of carbonyl (C=O) groups is 1. The summed E-state index contributed by atoms with van der Waals surface area (Å²) in [6.07, 6.45) is 8.52. The normalized spacial score (nSPS) is 25.9. The molecular formula is C23H21N5O. The van der Waals surface area contributed by atoms with Crippen molar-refractivity contribution in [2.75, 3.05) is 0 Å². The number of carbonyl (C=O) groups excluding carboxylic acids is 1. The van der Waals surface area contributed by atoms with Crippen LogP contribution in [-0.2, 0) is 5.41 Å². The van der Waals surface area contributed by atoms with Gasteiger partial charge in [-0.1, -0.05) is 18.2 Å². The first kappa shape index (κ1) is 17.7. The number of hydrogen-bond donors (Lipinski definition) is 1. The van der Waals surface area contributed by atoms with Crippen molar-refractivity contribution in [1.82, 2.24) is 15.2 Å². The smallest absolute Gasteiger partial charge is 0.253 e. The SMILES string of the molecule is N#CN1[C@H]2CC[C@@H]1[C@H](NC(=O)c1ccc(-c3cccc(C4(C#N)CC4)c3)nc1)C2. The summed E-state index contributed by atoms with van der Waals surface area (Å²) in [6.45, 7) is 0. The van der Waals surface area contributed by atoms with Gasteiger partial charge in [-0.2, -0.15) is 10.5 Å². The van der Waals surface area contributed by atoms with Crippen LogP contribution in [0.3, 0.4) is 0 Å². The molecule has 3 aliphatic rings. The molecule has 2 aromatic rings. The lowest BCUT2D eigenvalue weighted by Gasteiger charge is -2.21. The van der Waals surface area contributed by atoms with Crippen molar-refractivity contribution in [3.63, 3.8) is 0 Å². The van der Waals surface area contributed by atoms with Crippen LogP contribution in [0.5, 0.6) is 0 Å². The predicted octanol–water partition coefficient (Wildman–Crippen LogP) is 3.12. The largest absolute Gasteiger partial charge is 0.347 e. The molecule has 6 nitrogen and oxygen atoms in total. The number of nitrogens with one attached hydrogen (secondary N) is 1. The van der Waals surface area contributed by atoms with Crippen LogP contribution in [0, 0.1) is 22.8 Å². The second kappa shape index (κ2) is 6.60. The van der Waals surface area contributed by atoms with E-state index in [4.69, 9.17) is 0 Å². The Morgan fingerprint density at radius 2 is 2.07 bits per heavy atom. The van der Waals surface area contributed by atoms with Gasteiger partial charge in [-0.05, 0) is 55.9 Å². The molecule has 1 aliphatic carbocycles. The number of nitrogens with zero attached hydrogens (tertiary/aromatic N) is 4. The number of hydrogen-bond acceptors (Lipinski definition) is 5. The van der Waals surface area contributed by atoms with Crippen molar-refractivity contribution in [2.45, 2.75) is 55.6 Å². The highest BCUT2D eigenvalue weighted by molar-refractivity contribution is 5.94. The van der Waals surface area contributed by atoms with Crippen LogP contribution in [0.25, 0.3) is 11.3 Å². The lowest BCUT2D eigenvalue weighted by atomic mass is 9.95. The summed E-state index contributed by atoms with van der Waals surface area (Å²) < 4.78 is 0. The van der Waals surface area contributed by atoms with Crippen LogP contribution in [0.1, 0.15) is 48.0 Å². The monoisotopic (exact) mass is 383 g/mol. The van der Waals surface area contributed by atoms with E-state index in [0.717, 1.165) is 48.9 Å². The predicted molar refractivity (Wildman–Crippen MR) is 106 cm³/mol. The third-order valence-electron chi connectivity index (χ3n) is 6.67. The Morgan fingerprint density at radius 3 is 2.72 bits per heavy atom. The first-order valence-electron chi connectivity index (χ1n) is 10.1. The van der Waals surface area contributed by atoms with Crippen molar-refractivity contribution in [3.8, 4) is 23.5 Å². The number of amides is 1. The zero-order valence-electron chi connectivity index (χ0n) is 16.0. The maximum absolute atomic E-state index is 12.7. The van der Waals surface area contributed by atoms with E-state index in [1.165, 1.54) is 0 Å². The fourth-order valence-corrected chi connectivity index (χ4v) is 4.82. The summed E-state index contributed by atoms with van der Waals surface area (Å²) in [5, 5.41) is 21.8. The molecule has 2 saturated heterocycles. The molecule has 1 saturated carbocycles. The van der Waals surface area contributed by atoms with Crippen molar-refractivity contribution in [1.29, 1.82) is 10.5 Å². The lowest BCUT2D eigenvalue weighted by molar-refractivity contribution is 0.0928. The van der Waals surface area contributed by atoms with Crippen LogP contribution in [0.2, 0.25) is 0 Å². The molecule has 1 aromatic heterocycles. The van der Waals surface area contributed by atoms with E-state index in [-0.39, 0.29) is 29.4 Å². The second-order valence-corrected chi connectivity index (χ2v) is 8.33. The van der Waals surface area contributed by atoms with Crippen LogP contribution in [-0.4, -0.2) is 33.9 Å². The molecule has 1 amide bonds. The van der Waals surface area contributed by atoms with Gasteiger partial charge in [-0.15, -0.1) is 0 Å². The van der Waals surface area contributed by atoms with E-state index in [1.807, 2.05) is 35.2 Å². The number of nitriles is 2. The number of rotatable bonds is 4. The summed E-state index contributed by atoms with van der Waals surface area (Å²) >= 11 is 0. The van der Waals surface area contributed by atoms with Crippen molar-refractivity contribution >= 4 is 5.91 Å². The fraction of sp³-hybridized carbons (Fsp3) is 0.391. The minimum absolute atomic E-state index is 0.0259. The van der Waals surface area contributed by atoms with Crippen LogP contribution in [0.15, 0.2) is 42.6 Å². The average Bonchev–Trinajstić information content (AvgIpc) is 3.38. The molecule has 144 valence electrons. The van der Waals surface area contributed by atoms with Crippen molar-refractivity contribution in [3.05, 3.63) is 53.7 Å². The summed E-state index contributed by atoms with van der Waals surface area (Å²) in [5.74, 6) is -0.144. The fourth-order valence-electron chi connectivity index (χ4n) is 4.82. The topological polar surface area (TPSA) is 92.8 Å². The van der Waals surface area contributed by atoms with Crippen molar-refractivity contribution in [2.24, 2.45) is 0 Å². The first-order chi connectivity index (χ1) is 14.1. The lowest BCUT2D eigenvalue weighted by Crippen LogP contribution is -2.43. The number of fused-ring (bicyclic) bond motifs is 2. The molecule has 0 radical (unpaired) electrons. The number of aromatic nitrogens is 1. The van der Waals surface area contributed by atoms with E-state index in [1.54, 1.807) is 12.3 Å². The minimum atomic E-state index is -0.326. The van der Waals surface area contributed by atoms with Gasteiger partial charge in [0.15, 0.2) is 6.19 Å². The van der Waals surface area contributed by atoms with Gasteiger partial charge in [0.25, 0.3) is 5.91 Å². The summed E-state index contributed by atoms with van der Waals surface area (Å²) in [6, 6.07) is 14.5. The molecule has 5 rings (SSSR count). The summed E-state index contributed by atoms with van der Waals surface area (Å²) in [4.78, 5) is 19.0. The van der Waals surface area contributed by atoms with E-state index in [0.29, 0.717) is 5.56 Å². The first-order valence-corrected chi connectivity index (χ1v) is 10.1. The molecule has 0 unspecified atom stereocenters. The highest BCUT2D eigenvalue weighted by Gasteiger charge is 2.47. The Balaban J connectivity index is 1.30. The third-order valence-corrected chi connectivity index (χ3v) is 6.67. The van der Waals surface area contributed by atoms with E-state index >= 15 is 0 Å². The Morgan fingerprint density at radius 1 is 1.21 bits per heavy atom. The molecular weight excluding hydrogens is 362 g/mol. The van der Waals surface area contributed by atoms with Gasteiger partial charge in [0.05, 0.1) is 34.8 Å². The molecule has 1 aromatic carbocycles. The van der Waals surface area contributed by atoms with Gasteiger partial charge >= 0.3 is 0 Å². The minimum Gasteiger partial charge on any atom is -0.347 e. The van der Waals surface area contributed by atoms with E-state index < -0.39 is 0 Å². The summed E-state index contributed by atoms with van der Waals surface area (Å²) in [7, 11) is 0. The Kier molecular flexibility index (Phi) is 4.03. The van der Waals surface area contributed by atoms with Crippen LogP contribution < -0.4 is 5.32 Å². The molecule has 3 atom stereocenters. The van der Waals surface area contributed by atoms with Gasteiger partial charge in [-0.3, -0.25) is 9.78 Å². The highest BCUT2D eigenvalue weighted by atomic mass is 16.1. The van der Waals surface area contributed by atoms with Crippen LogP contribution >= 0.6 is 0 Å². The third kappa shape index (κ3) is 2.93. The van der Waals surface area contributed by atoms with Crippen molar-refractivity contribution < 1.29 is 4.79 Å². The molecule has 6 heteroatoms. The second-order valence-electron chi connectivity index (χ2n) is 8.33. The van der Waals surface area contributed by atoms with E-state index in [9.17, 15) is 15.3 Å². The standard InChI is InChI=1S/C23H21N5O/c24-13-23(8-9-23)17-3-1-2-15(10-17)19-6-4-16(12-26-19)22(29)27-20-11-18-5-7-21(20)28(18)14-25/h1-4,6,10,12,18,20-21H,5,7-9,11H2,(H,27,29)/t18-,20+,21+/m0/s1. The zero-order chi connectivity index (χ0) is 20.0. The maximum Gasteiger partial charge on any atom is 0.253 e. The molecule has 29 heavy (non-hydrogen) atoms. The zero-order valence-corrected chi connectivity index (χ0v) is 16.0. The number of benzene rings is 1. The Bertz CT molecular complexity index is 1040. The van der Waals surface area contributed by atoms with Gasteiger partial charge < -0.3 is 10.2 Å². The Hall–Kier alpha value is -3.38. The quantitative estimate of drug-likeness (QED) is 0.819. The van der Waals surface area contributed by atoms with Gasteiger partial charge in [0.2, 0.25) is 0 Å². The Labute approximate surface area is 169 Å². The molecule has 3 fully saturated rings. The van der Waals surface area contributed by atoms with Crippen LogP contribution in [0.4, 0.5) is 0 Å². The summed E-state index contributed by atoms with van der Waals surface area (Å²) in [5.41, 5.74) is 2.97. The van der Waals surface area contributed by atoms with Gasteiger partial charge in [-0.25, -0.2) is 0 Å².